The summed E-state index contributed by atoms with van der Waals surface area (Å²) in [5.74, 6) is 0.482. The number of ether oxygens (including phenoxy) is 3. The molecule has 184 valence electrons. The highest BCUT2D eigenvalue weighted by molar-refractivity contribution is 7.14. The SMILES string of the molecule is COC(=O)Cc1csc(NC(=O)/C=C/c2ccc(OCc3ccc(C(C)(C)C)cc3)c(OC)c2)n1. The average molecular weight is 495 g/mol. The fourth-order valence-corrected chi connectivity index (χ4v) is 3.87. The summed E-state index contributed by atoms with van der Waals surface area (Å²) in [5, 5.41) is 4.81. The molecule has 1 aromatic heterocycles. The third kappa shape index (κ3) is 7.68. The lowest BCUT2D eigenvalue weighted by atomic mass is 9.87. The fraction of sp³-hybridized carbons (Fsp3) is 0.296. The standard InChI is InChI=1S/C27H30N2O5S/c1-27(2,3)20-10-6-19(7-11-20)16-34-22-12-8-18(14-23(22)32-4)9-13-24(30)29-26-28-21(17-35-26)15-25(31)33-5/h6-14,17H,15-16H2,1-5H3,(H,28,29,30)/b13-9+. The molecule has 8 heteroatoms. The van der Waals surface area contributed by atoms with Crippen LogP contribution in [0.2, 0.25) is 0 Å². The van der Waals surface area contributed by atoms with Crippen LogP contribution in [0.1, 0.15) is 43.2 Å². The van der Waals surface area contributed by atoms with E-state index in [1.807, 2.05) is 12.1 Å². The van der Waals surface area contributed by atoms with Gasteiger partial charge in [-0.25, -0.2) is 4.98 Å². The van der Waals surface area contributed by atoms with E-state index < -0.39 is 0 Å². The third-order valence-electron chi connectivity index (χ3n) is 5.16. The van der Waals surface area contributed by atoms with Crippen LogP contribution in [0.15, 0.2) is 53.9 Å². The van der Waals surface area contributed by atoms with Crippen molar-refractivity contribution in [2.75, 3.05) is 19.5 Å². The van der Waals surface area contributed by atoms with Gasteiger partial charge in [-0.05, 0) is 40.3 Å². The van der Waals surface area contributed by atoms with E-state index in [4.69, 9.17) is 9.47 Å². The number of thiazole rings is 1. The summed E-state index contributed by atoms with van der Waals surface area (Å²) in [7, 11) is 2.90. The van der Waals surface area contributed by atoms with Gasteiger partial charge in [0.25, 0.3) is 0 Å². The summed E-state index contributed by atoms with van der Waals surface area (Å²) in [6.45, 7) is 6.98. The van der Waals surface area contributed by atoms with E-state index in [1.165, 1.54) is 30.1 Å². The van der Waals surface area contributed by atoms with Crippen molar-refractivity contribution >= 4 is 34.4 Å². The molecule has 0 radical (unpaired) electrons. The predicted octanol–water partition coefficient (Wildman–Crippen LogP) is 5.40. The van der Waals surface area contributed by atoms with Gasteiger partial charge in [0.2, 0.25) is 5.91 Å². The Morgan fingerprint density at radius 1 is 1.06 bits per heavy atom. The molecule has 0 spiro atoms. The lowest BCUT2D eigenvalue weighted by molar-refractivity contribution is -0.139. The molecule has 0 bridgehead atoms. The second kappa shape index (κ2) is 11.7. The van der Waals surface area contributed by atoms with E-state index >= 15 is 0 Å². The molecule has 0 aliphatic carbocycles. The highest BCUT2D eigenvalue weighted by Gasteiger charge is 2.13. The van der Waals surface area contributed by atoms with Crippen molar-refractivity contribution < 1.29 is 23.8 Å². The highest BCUT2D eigenvalue weighted by atomic mass is 32.1. The number of hydrogen-bond acceptors (Lipinski definition) is 7. The molecule has 7 nitrogen and oxygen atoms in total. The largest absolute Gasteiger partial charge is 0.493 e. The Balaban J connectivity index is 1.58. The van der Waals surface area contributed by atoms with Gasteiger partial charge in [0.15, 0.2) is 16.6 Å². The van der Waals surface area contributed by atoms with Crippen molar-refractivity contribution in [2.24, 2.45) is 0 Å². The van der Waals surface area contributed by atoms with E-state index in [2.05, 4.69) is 60.1 Å². The molecule has 0 atom stereocenters. The first kappa shape index (κ1) is 26.0. The lowest BCUT2D eigenvalue weighted by Gasteiger charge is -2.19. The van der Waals surface area contributed by atoms with E-state index in [-0.39, 0.29) is 23.7 Å². The van der Waals surface area contributed by atoms with E-state index in [9.17, 15) is 9.59 Å². The first-order chi connectivity index (χ1) is 16.7. The molecular formula is C27H30N2O5S. The molecular weight excluding hydrogens is 464 g/mol. The Bertz CT molecular complexity index is 1190. The summed E-state index contributed by atoms with van der Waals surface area (Å²) in [6.07, 6.45) is 3.15. The number of esters is 1. The normalized spacial score (nSPS) is 11.3. The summed E-state index contributed by atoms with van der Waals surface area (Å²) in [5.41, 5.74) is 3.78. The maximum absolute atomic E-state index is 12.3. The van der Waals surface area contributed by atoms with Crippen molar-refractivity contribution in [3.63, 3.8) is 0 Å². The van der Waals surface area contributed by atoms with Gasteiger partial charge in [-0.1, -0.05) is 51.1 Å². The Kier molecular flexibility index (Phi) is 8.65. The molecule has 3 aromatic rings. The molecule has 1 heterocycles. The molecule has 35 heavy (non-hydrogen) atoms. The van der Waals surface area contributed by atoms with Crippen molar-refractivity contribution in [1.82, 2.24) is 4.98 Å². The summed E-state index contributed by atoms with van der Waals surface area (Å²) in [4.78, 5) is 27.8. The molecule has 2 aromatic carbocycles. The Hall–Kier alpha value is -3.65. The van der Waals surface area contributed by atoms with Gasteiger partial charge in [-0.3, -0.25) is 14.9 Å². The molecule has 0 saturated heterocycles. The number of carbonyl (C=O) groups excluding carboxylic acids is 2. The van der Waals surface area contributed by atoms with Gasteiger partial charge < -0.3 is 14.2 Å². The van der Waals surface area contributed by atoms with Crippen LogP contribution in [0.4, 0.5) is 5.13 Å². The van der Waals surface area contributed by atoms with Crippen LogP contribution < -0.4 is 14.8 Å². The second-order valence-electron chi connectivity index (χ2n) is 8.87. The van der Waals surface area contributed by atoms with Crippen molar-refractivity contribution in [1.29, 1.82) is 0 Å². The Morgan fingerprint density at radius 3 is 2.46 bits per heavy atom. The van der Waals surface area contributed by atoms with Gasteiger partial charge in [0.1, 0.15) is 6.61 Å². The fourth-order valence-electron chi connectivity index (χ4n) is 3.15. The molecule has 0 saturated carbocycles. The van der Waals surface area contributed by atoms with Gasteiger partial charge in [-0.2, -0.15) is 0 Å². The number of amides is 1. The monoisotopic (exact) mass is 494 g/mol. The molecule has 1 amide bonds. The summed E-state index contributed by atoms with van der Waals surface area (Å²) in [6, 6.07) is 13.9. The number of anilines is 1. The maximum atomic E-state index is 12.3. The third-order valence-corrected chi connectivity index (χ3v) is 5.97. The quantitative estimate of drug-likeness (QED) is 0.317. The number of aromatic nitrogens is 1. The van der Waals surface area contributed by atoms with Gasteiger partial charge >= 0.3 is 5.97 Å². The Labute approximate surface area is 209 Å². The molecule has 0 aliphatic rings. The zero-order valence-electron chi connectivity index (χ0n) is 20.6. The smallest absolute Gasteiger partial charge is 0.311 e. The van der Waals surface area contributed by atoms with Crippen LogP contribution in [0.25, 0.3) is 6.08 Å². The first-order valence-corrected chi connectivity index (χ1v) is 12.0. The average Bonchev–Trinajstić information content (AvgIpc) is 3.27. The van der Waals surface area contributed by atoms with Crippen LogP contribution >= 0.6 is 11.3 Å². The van der Waals surface area contributed by atoms with Gasteiger partial charge in [0.05, 0.1) is 26.3 Å². The number of nitrogens with one attached hydrogen (secondary N) is 1. The summed E-state index contributed by atoms with van der Waals surface area (Å²) >= 11 is 1.24. The molecule has 0 aliphatic heterocycles. The van der Waals surface area contributed by atoms with E-state index in [0.29, 0.717) is 28.9 Å². The van der Waals surface area contributed by atoms with Gasteiger partial charge in [-0.15, -0.1) is 11.3 Å². The van der Waals surface area contributed by atoms with Crippen LogP contribution in [-0.4, -0.2) is 31.1 Å². The minimum absolute atomic E-state index is 0.0646. The minimum Gasteiger partial charge on any atom is -0.493 e. The zero-order valence-corrected chi connectivity index (χ0v) is 21.4. The highest BCUT2D eigenvalue weighted by Crippen LogP contribution is 2.30. The second-order valence-corrected chi connectivity index (χ2v) is 9.72. The molecule has 0 fully saturated rings. The molecule has 0 unspecified atom stereocenters. The topological polar surface area (TPSA) is 86.8 Å². The van der Waals surface area contributed by atoms with Crippen molar-refractivity contribution in [3.05, 3.63) is 76.3 Å². The number of nitrogens with zero attached hydrogens (tertiary/aromatic N) is 1. The zero-order chi connectivity index (χ0) is 25.4. The molecule has 3 rings (SSSR count). The first-order valence-electron chi connectivity index (χ1n) is 11.1. The predicted molar refractivity (Wildman–Crippen MR) is 138 cm³/mol. The molecule has 1 N–H and O–H groups in total. The minimum atomic E-state index is -0.382. The van der Waals surface area contributed by atoms with E-state index in [0.717, 1.165) is 11.1 Å². The van der Waals surface area contributed by atoms with Gasteiger partial charge in [0, 0.05) is 11.5 Å². The number of rotatable bonds is 9. The van der Waals surface area contributed by atoms with Crippen LogP contribution in [0.5, 0.6) is 11.5 Å². The van der Waals surface area contributed by atoms with Crippen LogP contribution in [0.3, 0.4) is 0 Å². The maximum Gasteiger partial charge on any atom is 0.311 e. The summed E-state index contributed by atoms with van der Waals surface area (Å²) < 4.78 is 16.1. The lowest BCUT2D eigenvalue weighted by Crippen LogP contribution is -2.10. The number of hydrogen-bond donors (Lipinski definition) is 1. The van der Waals surface area contributed by atoms with Crippen LogP contribution in [0, 0.1) is 0 Å². The number of methoxy groups -OCH3 is 2. The van der Waals surface area contributed by atoms with E-state index in [1.54, 1.807) is 24.6 Å². The van der Waals surface area contributed by atoms with Crippen molar-refractivity contribution in [2.45, 2.75) is 39.2 Å². The Morgan fingerprint density at radius 2 is 1.80 bits per heavy atom. The van der Waals surface area contributed by atoms with Crippen molar-refractivity contribution in [3.8, 4) is 11.5 Å². The number of benzene rings is 2. The van der Waals surface area contributed by atoms with Crippen LogP contribution in [-0.2, 0) is 32.8 Å². The number of carbonyl (C=O) groups is 2.